The Hall–Kier alpha value is -1.85. The summed E-state index contributed by atoms with van der Waals surface area (Å²) >= 11 is 6.22. The van der Waals surface area contributed by atoms with Crippen LogP contribution in [0.25, 0.3) is 0 Å². The molecule has 0 saturated heterocycles. The van der Waals surface area contributed by atoms with Crippen molar-refractivity contribution in [1.29, 1.82) is 0 Å². The summed E-state index contributed by atoms with van der Waals surface area (Å²) in [6, 6.07) is 17.2. The van der Waals surface area contributed by atoms with Gasteiger partial charge in [-0.2, -0.15) is 0 Å². The number of halogens is 1. The van der Waals surface area contributed by atoms with Crippen LogP contribution >= 0.6 is 11.6 Å². The number of hydrogen-bond acceptors (Lipinski definition) is 2. The molecule has 0 aliphatic carbocycles. The Kier molecular flexibility index (Phi) is 7.28. The Morgan fingerprint density at radius 1 is 1.17 bits per heavy atom. The fourth-order valence-electron chi connectivity index (χ4n) is 2.26. The summed E-state index contributed by atoms with van der Waals surface area (Å²) < 4.78 is 12.2. The second-order valence-corrected chi connectivity index (χ2v) is 7.23. The molecule has 4 nitrogen and oxygen atoms in total. The van der Waals surface area contributed by atoms with Gasteiger partial charge in [0.2, 0.25) is 0 Å². The molecule has 0 aliphatic rings. The van der Waals surface area contributed by atoms with Gasteiger partial charge in [-0.15, -0.1) is 0 Å². The van der Waals surface area contributed by atoms with Gasteiger partial charge in [0.25, 0.3) is 0 Å². The van der Waals surface area contributed by atoms with E-state index in [2.05, 4.69) is 15.6 Å². The molecular weight excluding hydrogens is 342 g/mol. The molecule has 0 aliphatic heterocycles. The number of rotatable bonds is 6. The number of hydrogen-bond donors (Lipinski definition) is 2. The van der Waals surface area contributed by atoms with E-state index in [0.717, 1.165) is 15.5 Å². The van der Waals surface area contributed by atoms with Gasteiger partial charge in [-0.3, -0.25) is 9.20 Å². The zero-order chi connectivity index (χ0) is 17.4. The molecule has 2 unspecified atom stereocenters. The van der Waals surface area contributed by atoms with Crippen LogP contribution in [0.3, 0.4) is 0 Å². The van der Waals surface area contributed by atoms with Crippen molar-refractivity contribution in [3.8, 4) is 0 Å². The highest BCUT2D eigenvalue weighted by Gasteiger charge is 2.11. The molecule has 0 saturated carbocycles. The lowest BCUT2D eigenvalue weighted by Crippen LogP contribution is -2.40. The molecule has 2 rings (SSSR count). The van der Waals surface area contributed by atoms with E-state index in [-0.39, 0.29) is 6.04 Å². The molecule has 0 spiro atoms. The van der Waals surface area contributed by atoms with Crippen molar-refractivity contribution in [2.24, 2.45) is 4.99 Å². The monoisotopic (exact) mass is 363 g/mol. The summed E-state index contributed by atoms with van der Waals surface area (Å²) in [5.74, 6) is 1.18. The summed E-state index contributed by atoms with van der Waals surface area (Å²) in [4.78, 5) is 5.04. The SMILES string of the molecule is CN=C(NCCS(=O)c1ccccc1)NC(C)c1ccccc1Cl. The molecule has 0 fully saturated rings. The Balaban J connectivity index is 1.85. The average Bonchev–Trinajstić information content (AvgIpc) is 2.61. The standard InChI is InChI=1S/C18H22ClN3OS/c1-14(16-10-6-7-11-17(16)19)22-18(20-2)21-12-13-24(23)15-8-4-3-5-9-15/h3-11,14H,12-13H2,1-2H3,(H2,20,21,22). The first kappa shape index (κ1) is 18.5. The third-order valence-corrected chi connectivity index (χ3v) is 5.25. The van der Waals surface area contributed by atoms with E-state index in [1.165, 1.54) is 0 Å². The van der Waals surface area contributed by atoms with Crippen LogP contribution in [-0.2, 0) is 10.8 Å². The Morgan fingerprint density at radius 2 is 1.83 bits per heavy atom. The minimum atomic E-state index is -1.02. The second kappa shape index (κ2) is 9.45. The van der Waals surface area contributed by atoms with E-state index in [1.807, 2.05) is 61.5 Å². The van der Waals surface area contributed by atoms with Crippen molar-refractivity contribution in [2.75, 3.05) is 19.3 Å². The van der Waals surface area contributed by atoms with Gasteiger partial charge < -0.3 is 10.6 Å². The third-order valence-electron chi connectivity index (χ3n) is 3.53. The largest absolute Gasteiger partial charge is 0.355 e. The van der Waals surface area contributed by atoms with E-state index < -0.39 is 10.8 Å². The Labute approximate surface area is 150 Å². The first-order chi connectivity index (χ1) is 11.6. The summed E-state index contributed by atoms with van der Waals surface area (Å²) in [5, 5.41) is 7.21. The smallest absolute Gasteiger partial charge is 0.191 e. The van der Waals surface area contributed by atoms with Crippen molar-refractivity contribution >= 4 is 28.4 Å². The van der Waals surface area contributed by atoms with Crippen LogP contribution in [0.4, 0.5) is 0 Å². The first-order valence-corrected chi connectivity index (χ1v) is 9.46. The van der Waals surface area contributed by atoms with E-state index in [0.29, 0.717) is 18.3 Å². The molecule has 0 bridgehead atoms. The predicted octanol–water partition coefficient (Wildman–Crippen LogP) is 3.37. The zero-order valence-corrected chi connectivity index (χ0v) is 15.4. The molecule has 0 aromatic heterocycles. The van der Waals surface area contributed by atoms with Gasteiger partial charge in [0.1, 0.15) is 0 Å². The van der Waals surface area contributed by atoms with E-state index >= 15 is 0 Å². The van der Waals surface area contributed by atoms with Crippen molar-refractivity contribution in [2.45, 2.75) is 17.9 Å². The molecule has 2 N–H and O–H groups in total. The number of benzene rings is 2. The maximum atomic E-state index is 12.2. The number of guanidine groups is 1. The number of nitrogens with one attached hydrogen (secondary N) is 2. The van der Waals surface area contributed by atoms with Gasteiger partial charge in [-0.1, -0.05) is 48.0 Å². The van der Waals surface area contributed by atoms with Gasteiger partial charge >= 0.3 is 0 Å². The Morgan fingerprint density at radius 3 is 2.50 bits per heavy atom. The van der Waals surface area contributed by atoms with Gasteiger partial charge in [0, 0.05) is 29.3 Å². The van der Waals surface area contributed by atoms with E-state index in [9.17, 15) is 4.21 Å². The summed E-state index contributed by atoms with van der Waals surface area (Å²) in [6.07, 6.45) is 0. The fourth-order valence-corrected chi connectivity index (χ4v) is 3.54. The molecule has 0 amide bonds. The van der Waals surface area contributed by atoms with Crippen molar-refractivity contribution < 1.29 is 4.21 Å². The van der Waals surface area contributed by atoms with E-state index in [4.69, 9.17) is 11.6 Å². The highest BCUT2D eigenvalue weighted by molar-refractivity contribution is 7.85. The molecule has 2 aromatic rings. The molecule has 6 heteroatoms. The molecular formula is C18H22ClN3OS. The maximum Gasteiger partial charge on any atom is 0.191 e. The topological polar surface area (TPSA) is 53.5 Å². The second-order valence-electron chi connectivity index (χ2n) is 5.25. The molecule has 0 heterocycles. The van der Waals surface area contributed by atoms with Crippen LogP contribution in [0.15, 0.2) is 64.5 Å². The van der Waals surface area contributed by atoms with Crippen LogP contribution in [0, 0.1) is 0 Å². The fraction of sp³-hybridized carbons (Fsp3) is 0.278. The molecule has 24 heavy (non-hydrogen) atoms. The normalized spacial score (nSPS) is 14.0. The molecule has 0 radical (unpaired) electrons. The van der Waals surface area contributed by atoms with Crippen LogP contribution in [0.5, 0.6) is 0 Å². The molecule has 2 atom stereocenters. The third kappa shape index (κ3) is 5.35. The quantitative estimate of drug-likeness (QED) is 0.611. The van der Waals surface area contributed by atoms with Gasteiger partial charge in [-0.25, -0.2) is 0 Å². The lowest BCUT2D eigenvalue weighted by molar-refractivity contribution is 0.677. The van der Waals surface area contributed by atoms with Gasteiger partial charge in [-0.05, 0) is 30.7 Å². The Bertz CT molecular complexity index is 706. The van der Waals surface area contributed by atoms with Crippen LogP contribution < -0.4 is 10.6 Å². The zero-order valence-electron chi connectivity index (χ0n) is 13.8. The maximum absolute atomic E-state index is 12.2. The number of aliphatic imine (C=N–C) groups is 1. The number of nitrogens with zero attached hydrogens (tertiary/aromatic N) is 1. The lowest BCUT2D eigenvalue weighted by Gasteiger charge is -2.19. The van der Waals surface area contributed by atoms with Crippen molar-refractivity contribution in [3.63, 3.8) is 0 Å². The summed E-state index contributed by atoms with van der Waals surface area (Å²) in [5.41, 5.74) is 1.01. The van der Waals surface area contributed by atoms with Gasteiger partial charge in [0.15, 0.2) is 5.96 Å². The van der Waals surface area contributed by atoms with Crippen molar-refractivity contribution in [3.05, 3.63) is 65.2 Å². The molecule has 2 aromatic carbocycles. The minimum absolute atomic E-state index is 0.0181. The highest BCUT2D eigenvalue weighted by Crippen LogP contribution is 2.21. The molecule has 128 valence electrons. The predicted molar refractivity (Wildman–Crippen MR) is 102 cm³/mol. The van der Waals surface area contributed by atoms with Crippen LogP contribution in [0.2, 0.25) is 5.02 Å². The van der Waals surface area contributed by atoms with Crippen LogP contribution in [0.1, 0.15) is 18.5 Å². The van der Waals surface area contributed by atoms with Gasteiger partial charge in [0.05, 0.1) is 16.8 Å². The van der Waals surface area contributed by atoms with Crippen LogP contribution in [-0.4, -0.2) is 29.5 Å². The lowest BCUT2D eigenvalue weighted by atomic mass is 10.1. The summed E-state index contributed by atoms with van der Waals surface area (Å²) in [7, 11) is 0.691. The highest BCUT2D eigenvalue weighted by atomic mass is 35.5. The minimum Gasteiger partial charge on any atom is -0.355 e. The van der Waals surface area contributed by atoms with Crippen molar-refractivity contribution in [1.82, 2.24) is 10.6 Å². The van der Waals surface area contributed by atoms with E-state index in [1.54, 1.807) is 7.05 Å². The summed E-state index contributed by atoms with van der Waals surface area (Å²) in [6.45, 7) is 2.59. The first-order valence-electron chi connectivity index (χ1n) is 7.77. The average molecular weight is 364 g/mol.